The van der Waals surface area contributed by atoms with Gasteiger partial charge in [-0.3, -0.25) is 0 Å². The maximum Gasteiger partial charge on any atom is 0.372 e. The third kappa shape index (κ3) is 2.62. The van der Waals surface area contributed by atoms with Gasteiger partial charge in [-0.15, -0.1) is 0 Å². The Balaban J connectivity index is 2.91. The standard InChI is InChI=1S/C11H19F2NO4/c1-4-14(3)5-7-6(2)8(15)9(12)11(13,18-7)10(16)17/h6-9,15H,4-5H2,1-3H3,(H,16,17). The van der Waals surface area contributed by atoms with E-state index in [-0.39, 0.29) is 6.54 Å². The summed E-state index contributed by atoms with van der Waals surface area (Å²) in [6.45, 7) is 4.24. The molecule has 0 aromatic heterocycles. The van der Waals surface area contributed by atoms with Crippen molar-refractivity contribution in [1.82, 2.24) is 4.90 Å². The van der Waals surface area contributed by atoms with Crippen LogP contribution in [0.4, 0.5) is 8.78 Å². The molecule has 1 saturated heterocycles. The van der Waals surface area contributed by atoms with E-state index >= 15 is 0 Å². The fourth-order valence-electron chi connectivity index (χ4n) is 1.91. The molecule has 1 aliphatic heterocycles. The number of nitrogens with zero attached hydrogens (tertiary/aromatic N) is 1. The molecule has 7 heteroatoms. The van der Waals surface area contributed by atoms with Gasteiger partial charge in [0.25, 0.3) is 0 Å². The van der Waals surface area contributed by atoms with Gasteiger partial charge >= 0.3 is 11.8 Å². The average Bonchev–Trinajstić information content (AvgIpc) is 2.32. The number of alkyl halides is 2. The van der Waals surface area contributed by atoms with Crippen LogP contribution in [0.5, 0.6) is 0 Å². The Hall–Kier alpha value is -0.790. The van der Waals surface area contributed by atoms with Gasteiger partial charge in [-0.1, -0.05) is 13.8 Å². The lowest BCUT2D eigenvalue weighted by Gasteiger charge is -2.42. The molecule has 5 unspecified atom stereocenters. The lowest BCUT2D eigenvalue weighted by Crippen LogP contribution is -2.62. The normalized spacial score (nSPS) is 41.1. The molecule has 0 radical (unpaired) electrons. The first kappa shape index (κ1) is 15.3. The molecule has 5 nitrogen and oxygen atoms in total. The third-order valence-corrected chi connectivity index (χ3v) is 3.43. The SMILES string of the molecule is CCN(C)CC1OC(F)(C(=O)O)C(F)C(O)C1C. The van der Waals surface area contributed by atoms with Gasteiger partial charge in [0.2, 0.25) is 0 Å². The van der Waals surface area contributed by atoms with Gasteiger partial charge in [-0.05, 0) is 13.6 Å². The van der Waals surface area contributed by atoms with E-state index in [0.29, 0.717) is 6.54 Å². The van der Waals surface area contributed by atoms with Crippen molar-refractivity contribution < 1.29 is 28.5 Å². The number of aliphatic carboxylic acids is 1. The summed E-state index contributed by atoms with van der Waals surface area (Å²) < 4.78 is 32.3. The molecule has 1 rings (SSSR count). The summed E-state index contributed by atoms with van der Waals surface area (Å²) in [4.78, 5) is 12.5. The highest BCUT2D eigenvalue weighted by Gasteiger charge is 2.59. The molecule has 1 fully saturated rings. The zero-order valence-electron chi connectivity index (χ0n) is 10.6. The van der Waals surface area contributed by atoms with Gasteiger partial charge in [0, 0.05) is 12.5 Å². The van der Waals surface area contributed by atoms with Crippen LogP contribution in [0.15, 0.2) is 0 Å². The number of ether oxygens (including phenoxy) is 1. The third-order valence-electron chi connectivity index (χ3n) is 3.43. The topological polar surface area (TPSA) is 70.0 Å². The van der Waals surface area contributed by atoms with Gasteiger partial charge in [-0.2, -0.15) is 4.39 Å². The van der Waals surface area contributed by atoms with Crippen LogP contribution in [0.2, 0.25) is 0 Å². The number of likely N-dealkylation sites (N-methyl/N-ethyl adjacent to an activating group) is 1. The van der Waals surface area contributed by atoms with Crippen LogP contribution in [-0.4, -0.2) is 65.5 Å². The molecule has 2 N–H and O–H groups in total. The first-order valence-corrected chi connectivity index (χ1v) is 5.84. The van der Waals surface area contributed by atoms with Crippen molar-refractivity contribution in [2.24, 2.45) is 5.92 Å². The van der Waals surface area contributed by atoms with E-state index in [4.69, 9.17) is 9.84 Å². The number of aliphatic hydroxyl groups is 1. The highest BCUT2D eigenvalue weighted by Crippen LogP contribution is 2.36. The van der Waals surface area contributed by atoms with Crippen molar-refractivity contribution >= 4 is 5.97 Å². The smallest absolute Gasteiger partial charge is 0.372 e. The van der Waals surface area contributed by atoms with E-state index in [9.17, 15) is 18.7 Å². The zero-order chi connectivity index (χ0) is 14.1. The number of rotatable bonds is 4. The second-order valence-electron chi connectivity index (χ2n) is 4.71. The Bertz CT molecular complexity index is 317. The first-order valence-electron chi connectivity index (χ1n) is 5.84. The van der Waals surface area contributed by atoms with Crippen molar-refractivity contribution in [1.29, 1.82) is 0 Å². The minimum Gasteiger partial charge on any atom is -0.477 e. The summed E-state index contributed by atoms with van der Waals surface area (Å²) in [5.74, 6) is -6.21. The van der Waals surface area contributed by atoms with E-state index in [0.717, 1.165) is 0 Å². The summed E-state index contributed by atoms with van der Waals surface area (Å²) in [5, 5.41) is 18.3. The van der Waals surface area contributed by atoms with Crippen molar-refractivity contribution in [2.75, 3.05) is 20.1 Å². The fraction of sp³-hybridized carbons (Fsp3) is 0.909. The number of hydrogen-bond donors (Lipinski definition) is 2. The van der Waals surface area contributed by atoms with Gasteiger partial charge in [0.05, 0.1) is 12.2 Å². The Morgan fingerprint density at radius 3 is 2.56 bits per heavy atom. The number of hydrogen-bond acceptors (Lipinski definition) is 4. The molecule has 0 saturated carbocycles. The Kier molecular flexibility index (Phi) is 4.63. The molecule has 1 aliphatic rings. The summed E-state index contributed by atoms with van der Waals surface area (Å²) in [6.07, 6.45) is -5.17. The molecule has 0 bridgehead atoms. The van der Waals surface area contributed by atoms with E-state index in [1.165, 1.54) is 6.92 Å². The number of aliphatic hydroxyl groups excluding tert-OH is 1. The predicted molar refractivity (Wildman–Crippen MR) is 59.6 cm³/mol. The minimum absolute atomic E-state index is 0.223. The van der Waals surface area contributed by atoms with Crippen LogP contribution in [0, 0.1) is 5.92 Å². The highest BCUT2D eigenvalue weighted by atomic mass is 19.2. The summed E-state index contributed by atoms with van der Waals surface area (Å²) >= 11 is 0. The molecule has 0 aromatic carbocycles. The van der Waals surface area contributed by atoms with Crippen molar-refractivity contribution in [3.63, 3.8) is 0 Å². The molecule has 0 aromatic rings. The maximum absolute atomic E-state index is 13.9. The maximum atomic E-state index is 13.9. The van der Waals surface area contributed by atoms with Crippen molar-refractivity contribution in [3.8, 4) is 0 Å². The van der Waals surface area contributed by atoms with Crippen LogP contribution in [0.1, 0.15) is 13.8 Å². The first-order chi connectivity index (χ1) is 8.24. The van der Waals surface area contributed by atoms with Crippen molar-refractivity contribution in [2.45, 2.75) is 38.1 Å². The number of carboxylic acid groups (broad SMARTS) is 1. The number of carboxylic acids is 1. The van der Waals surface area contributed by atoms with Gasteiger partial charge in [0.15, 0.2) is 6.17 Å². The molecule has 0 aliphatic carbocycles. The second-order valence-corrected chi connectivity index (χ2v) is 4.71. The largest absolute Gasteiger partial charge is 0.477 e. The van der Waals surface area contributed by atoms with E-state index in [1.54, 1.807) is 11.9 Å². The van der Waals surface area contributed by atoms with Gasteiger partial charge in [-0.25, -0.2) is 9.18 Å². The van der Waals surface area contributed by atoms with Gasteiger partial charge in [0.1, 0.15) is 0 Å². The number of halogens is 2. The summed E-state index contributed by atoms with van der Waals surface area (Å²) in [6, 6.07) is 0. The molecule has 1 heterocycles. The predicted octanol–water partition coefficient (Wildman–Crippen LogP) is 0.422. The Morgan fingerprint density at radius 1 is 1.56 bits per heavy atom. The molecule has 0 spiro atoms. The molecule has 18 heavy (non-hydrogen) atoms. The molecular formula is C11H19F2NO4. The number of carbonyl (C=O) groups is 1. The lowest BCUT2D eigenvalue weighted by atomic mass is 9.87. The second kappa shape index (κ2) is 5.46. The van der Waals surface area contributed by atoms with E-state index in [2.05, 4.69) is 0 Å². The Labute approximate surface area is 104 Å². The minimum atomic E-state index is -3.48. The average molecular weight is 267 g/mol. The lowest BCUT2D eigenvalue weighted by molar-refractivity contribution is -0.283. The molecule has 0 amide bonds. The van der Waals surface area contributed by atoms with E-state index in [1.807, 2.05) is 6.92 Å². The van der Waals surface area contributed by atoms with Crippen LogP contribution in [0.3, 0.4) is 0 Å². The van der Waals surface area contributed by atoms with Gasteiger partial charge < -0.3 is 19.8 Å². The van der Waals surface area contributed by atoms with Crippen LogP contribution in [0.25, 0.3) is 0 Å². The molecule has 106 valence electrons. The highest BCUT2D eigenvalue weighted by molar-refractivity contribution is 5.76. The van der Waals surface area contributed by atoms with Crippen LogP contribution in [-0.2, 0) is 9.53 Å². The zero-order valence-corrected chi connectivity index (χ0v) is 10.6. The summed E-state index contributed by atoms with van der Waals surface area (Å²) in [7, 11) is 1.74. The van der Waals surface area contributed by atoms with Crippen LogP contribution < -0.4 is 0 Å². The van der Waals surface area contributed by atoms with Crippen LogP contribution >= 0.6 is 0 Å². The monoisotopic (exact) mass is 267 g/mol. The Morgan fingerprint density at radius 2 is 2.11 bits per heavy atom. The van der Waals surface area contributed by atoms with Crippen molar-refractivity contribution in [3.05, 3.63) is 0 Å². The quantitative estimate of drug-likeness (QED) is 0.772. The van der Waals surface area contributed by atoms with E-state index < -0.39 is 36.1 Å². The summed E-state index contributed by atoms with van der Waals surface area (Å²) in [5.41, 5.74) is 0. The molecule has 5 atom stereocenters. The molecular weight excluding hydrogens is 248 g/mol. The fourth-order valence-corrected chi connectivity index (χ4v) is 1.91.